The van der Waals surface area contributed by atoms with Gasteiger partial charge in [0.1, 0.15) is 12.7 Å². The molecule has 0 rings (SSSR count). The third-order valence-electron chi connectivity index (χ3n) is 4.88. The van der Waals surface area contributed by atoms with E-state index in [0.717, 1.165) is 0 Å². The monoisotopic (exact) mass is 564 g/mol. The standard InChI is InChI=1S/C17H28F4O10S3/c1-7-11(31-12(22)15(3,4)8-2)16(5,18)13(23)30-9-10-33(26,27)14(32(6,24)25)34(28,29)17(19,20)21/h11,14H,7-10H2,1-6H3. The zero-order valence-electron chi connectivity index (χ0n) is 19.3. The molecule has 0 aliphatic heterocycles. The van der Waals surface area contributed by atoms with Gasteiger partial charge in [-0.1, -0.05) is 13.8 Å². The Balaban J connectivity index is 5.67. The van der Waals surface area contributed by atoms with E-state index in [1.165, 1.54) is 20.8 Å². The summed E-state index contributed by atoms with van der Waals surface area (Å²) in [7, 11) is -17.7. The summed E-state index contributed by atoms with van der Waals surface area (Å²) < 4.78 is 130. The van der Waals surface area contributed by atoms with Crippen molar-refractivity contribution in [2.24, 2.45) is 5.41 Å². The van der Waals surface area contributed by atoms with Gasteiger partial charge in [0.25, 0.3) is 13.8 Å². The Hall–Kier alpha value is -1.49. The normalized spacial score (nSPS) is 17.4. The summed E-state index contributed by atoms with van der Waals surface area (Å²) in [5.74, 6) is -4.28. The second kappa shape index (κ2) is 10.6. The molecule has 0 N–H and O–H groups in total. The lowest BCUT2D eigenvalue weighted by atomic mass is 9.90. The third kappa shape index (κ3) is 7.50. The number of sulfone groups is 3. The van der Waals surface area contributed by atoms with Crippen molar-refractivity contribution in [3.63, 3.8) is 0 Å². The van der Waals surface area contributed by atoms with Crippen molar-refractivity contribution in [1.82, 2.24) is 0 Å². The highest BCUT2D eigenvalue weighted by Crippen LogP contribution is 2.33. The Bertz CT molecular complexity index is 1080. The van der Waals surface area contributed by atoms with Crippen molar-refractivity contribution in [1.29, 1.82) is 0 Å². The van der Waals surface area contributed by atoms with Crippen LogP contribution in [-0.4, -0.2) is 77.0 Å². The lowest BCUT2D eigenvalue weighted by molar-refractivity contribution is -0.179. The highest BCUT2D eigenvalue weighted by molar-refractivity contribution is 8.24. The minimum atomic E-state index is -6.73. The average Bonchev–Trinajstić information content (AvgIpc) is 2.62. The van der Waals surface area contributed by atoms with Gasteiger partial charge < -0.3 is 9.47 Å². The first-order valence-electron chi connectivity index (χ1n) is 9.67. The molecule has 0 saturated heterocycles. The van der Waals surface area contributed by atoms with Crippen LogP contribution in [-0.2, 0) is 48.6 Å². The highest BCUT2D eigenvalue weighted by atomic mass is 32.3. The Kier molecular flexibility index (Phi) is 10.2. The van der Waals surface area contributed by atoms with E-state index in [2.05, 4.69) is 4.74 Å². The maximum Gasteiger partial charge on any atom is 0.499 e. The molecule has 0 heterocycles. The minimum absolute atomic E-state index is 0.0267. The topological polar surface area (TPSA) is 155 Å². The number of esters is 2. The quantitative estimate of drug-likeness (QED) is 0.253. The van der Waals surface area contributed by atoms with Crippen molar-refractivity contribution in [3.05, 3.63) is 0 Å². The van der Waals surface area contributed by atoms with Gasteiger partial charge in [0, 0.05) is 6.26 Å². The zero-order chi connectivity index (χ0) is 27.6. The van der Waals surface area contributed by atoms with E-state index in [0.29, 0.717) is 13.3 Å². The molecule has 34 heavy (non-hydrogen) atoms. The fraction of sp³-hybridized carbons (Fsp3) is 0.882. The molecule has 0 aliphatic rings. The molecule has 17 heteroatoms. The number of carbonyl (C=O) groups is 2. The molecule has 0 fully saturated rings. The highest BCUT2D eigenvalue weighted by Gasteiger charge is 2.60. The minimum Gasteiger partial charge on any atom is -0.462 e. The molecule has 3 atom stereocenters. The largest absolute Gasteiger partial charge is 0.499 e. The van der Waals surface area contributed by atoms with Crippen molar-refractivity contribution in [2.75, 3.05) is 18.6 Å². The van der Waals surface area contributed by atoms with Gasteiger partial charge in [0.15, 0.2) is 19.7 Å². The number of halogens is 4. The first-order chi connectivity index (χ1) is 14.9. The van der Waals surface area contributed by atoms with Crippen LogP contribution in [0, 0.1) is 5.41 Å². The van der Waals surface area contributed by atoms with E-state index < -0.39 is 80.4 Å². The predicted octanol–water partition coefficient (Wildman–Crippen LogP) is 1.69. The third-order valence-corrected chi connectivity index (χ3v) is 13.4. The summed E-state index contributed by atoms with van der Waals surface area (Å²) in [5.41, 5.74) is -10.3. The first-order valence-corrected chi connectivity index (χ1v) is 14.9. The van der Waals surface area contributed by atoms with Crippen LogP contribution in [0.5, 0.6) is 0 Å². The number of hydrogen-bond donors (Lipinski definition) is 0. The number of hydrogen-bond acceptors (Lipinski definition) is 10. The first kappa shape index (κ1) is 32.5. The Morgan fingerprint density at radius 1 is 0.882 bits per heavy atom. The zero-order valence-corrected chi connectivity index (χ0v) is 21.8. The van der Waals surface area contributed by atoms with Crippen LogP contribution < -0.4 is 0 Å². The summed E-state index contributed by atoms with van der Waals surface area (Å²) in [6, 6.07) is 0. The molecule has 0 spiro atoms. The second-order valence-electron chi connectivity index (χ2n) is 8.23. The number of alkyl halides is 4. The summed E-state index contributed by atoms with van der Waals surface area (Å²) in [4.78, 5) is 24.4. The molecular weight excluding hydrogens is 536 g/mol. The number of carbonyl (C=O) groups excluding carboxylic acids is 2. The molecule has 0 radical (unpaired) electrons. The van der Waals surface area contributed by atoms with Gasteiger partial charge in [0.05, 0.1) is 11.2 Å². The molecular formula is C17H28F4O10S3. The second-order valence-corrected chi connectivity index (χ2v) is 15.5. The van der Waals surface area contributed by atoms with Crippen molar-refractivity contribution >= 4 is 41.5 Å². The Morgan fingerprint density at radius 2 is 1.35 bits per heavy atom. The van der Waals surface area contributed by atoms with Crippen LogP contribution in [0.4, 0.5) is 17.6 Å². The van der Waals surface area contributed by atoms with Crippen LogP contribution in [0.3, 0.4) is 0 Å². The van der Waals surface area contributed by atoms with Gasteiger partial charge in [-0.25, -0.2) is 34.4 Å². The number of ether oxygens (including phenoxy) is 2. The summed E-state index contributed by atoms with van der Waals surface area (Å²) in [6.45, 7) is 5.34. The smallest absolute Gasteiger partial charge is 0.462 e. The summed E-state index contributed by atoms with van der Waals surface area (Å²) in [6.07, 6.45) is -1.60. The molecule has 0 aromatic heterocycles. The maximum atomic E-state index is 15.1. The van der Waals surface area contributed by atoms with Gasteiger partial charge in [-0.05, 0) is 33.6 Å². The van der Waals surface area contributed by atoms with Crippen LogP contribution in [0.15, 0.2) is 0 Å². The summed E-state index contributed by atoms with van der Waals surface area (Å²) in [5, 5.41) is 0. The van der Waals surface area contributed by atoms with Crippen LogP contribution in [0.2, 0.25) is 0 Å². The van der Waals surface area contributed by atoms with Crippen molar-refractivity contribution in [3.8, 4) is 0 Å². The van der Waals surface area contributed by atoms with E-state index in [-0.39, 0.29) is 12.7 Å². The van der Waals surface area contributed by atoms with E-state index in [9.17, 15) is 48.0 Å². The molecule has 10 nitrogen and oxygen atoms in total. The van der Waals surface area contributed by atoms with Crippen LogP contribution in [0.1, 0.15) is 47.5 Å². The van der Waals surface area contributed by atoms with Gasteiger partial charge in [0.2, 0.25) is 5.67 Å². The SMILES string of the molecule is CCC(OC(=O)C(C)(C)CC)C(C)(F)C(=O)OCCS(=O)(=O)C(S(C)(=O)=O)S(=O)(=O)C(F)(F)F. The lowest BCUT2D eigenvalue weighted by Crippen LogP contribution is -2.48. The molecule has 0 saturated carbocycles. The van der Waals surface area contributed by atoms with E-state index in [4.69, 9.17) is 4.74 Å². The van der Waals surface area contributed by atoms with Crippen LogP contribution >= 0.6 is 0 Å². The fourth-order valence-corrected chi connectivity index (χ4v) is 9.90. The van der Waals surface area contributed by atoms with E-state index in [1.54, 1.807) is 6.92 Å². The van der Waals surface area contributed by atoms with Crippen LogP contribution in [0.25, 0.3) is 0 Å². The van der Waals surface area contributed by atoms with Crippen molar-refractivity contribution < 1.29 is 61.9 Å². The molecule has 0 aromatic carbocycles. The van der Waals surface area contributed by atoms with Crippen molar-refractivity contribution in [2.45, 2.75) is 68.7 Å². The summed E-state index contributed by atoms with van der Waals surface area (Å²) >= 11 is 0. The Labute approximate surface area is 196 Å². The predicted molar refractivity (Wildman–Crippen MR) is 112 cm³/mol. The van der Waals surface area contributed by atoms with Gasteiger partial charge >= 0.3 is 17.4 Å². The lowest BCUT2D eigenvalue weighted by Gasteiger charge is -2.30. The molecule has 0 aromatic rings. The van der Waals surface area contributed by atoms with Gasteiger partial charge in [-0.3, -0.25) is 4.79 Å². The number of rotatable bonds is 12. The van der Waals surface area contributed by atoms with Gasteiger partial charge in [-0.15, -0.1) is 0 Å². The molecule has 3 unspecified atom stereocenters. The molecule has 0 amide bonds. The van der Waals surface area contributed by atoms with E-state index in [1.807, 2.05) is 0 Å². The fourth-order valence-electron chi connectivity index (χ4n) is 2.43. The maximum absolute atomic E-state index is 15.1. The average molecular weight is 565 g/mol. The van der Waals surface area contributed by atoms with Gasteiger partial charge in [-0.2, -0.15) is 13.2 Å². The molecule has 202 valence electrons. The van der Waals surface area contributed by atoms with E-state index >= 15 is 4.39 Å². The molecule has 0 aliphatic carbocycles. The molecule has 0 bridgehead atoms. The Morgan fingerprint density at radius 3 is 1.71 bits per heavy atom.